The molecule has 25 heavy (non-hydrogen) atoms. The minimum Gasteiger partial charge on any atom is -0.451 e. The van der Waals surface area contributed by atoms with E-state index in [2.05, 4.69) is 10.3 Å². The fourth-order valence-electron chi connectivity index (χ4n) is 2.91. The largest absolute Gasteiger partial charge is 0.451 e. The van der Waals surface area contributed by atoms with Crippen molar-refractivity contribution in [2.75, 3.05) is 6.61 Å². The van der Waals surface area contributed by atoms with Crippen LogP contribution in [-0.2, 0) is 9.53 Å². The van der Waals surface area contributed by atoms with E-state index in [4.69, 9.17) is 4.74 Å². The number of aliphatic hydroxyl groups excluding tert-OH is 1. The highest BCUT2D eigenvalue weighted by molar-refractivity contribution is 5.91. The average molecular weight is 344 g/mol. The van der Waals surface area contributed by atoms with Crippen LogP contribution in [0.3, 0.4) is 0 Å². The Labute approximate surface area is 147 Å². The number of carbonyl (C=O) groups excluding carboxylic acids is 2. The van der Waals surface area contributed by atoms with Crippen LogP contribution in [0, 0.1) is 13.8 Å². The van der Waals surface area contributed by atoms with Gasteiger partial charge >= 0.3 is 5.97 Å². The van der Waals surface area contributed by atoms with E-state index < -0.39 is 12.1 Å². The van der Waals surface area contributed by atoms with Crippen LogP contribution in [0.5, 0.6) is 0 Å². The van der Waals surface area contributed by atoms with Gasteiger partial charge in [-0.05, 0) is 38.8 Å². The van der Waals surface area contributed by atoms with E-state index in [1.54, 1.807) is 20.8 Å². The smallest absolute Gasteiger partial charge is 0.355 e. The van der Waals surface area contributed by atoms with Crippen molar-refractivity contribution < 1.29 is 19.4 Å². The minimum absolute atomic E-state index is 0.177. The molecule has 6 heteroatoms. The van der Waals surface area contributed by atoms with E-state index in [9.17, 15) is 14.7 Å². The van der Waals surface area contributed by atoms with Gasteiger partial charge in [0.1, 0.15) is 5.69 Å². The van der Waals surface area contributed by atoms with Gasteiger partial charge in [0.2, 0.25) is 0 Å². The van der Waals surface area contributed by atoms with Crippen LogP contribution in [0.4, 0.5) is 0 Å². The molecule has 2 aromatic rings. The highest BCUT2D eigenvalue weighted by Gasteiger charge is 2.21. The molecule has 0 fully saturated rings. The third-order valence-corrected chi connectivity index (χ3v) is 4.13. The van der Waals surface area contributed by atoms with E-state index in [0.717, 1.165) is 5.56 Å². The number of hydrogen-bond donors (Lipinski definition) is 3. The molecule has 0 aliphatic rings. The van der Waals surface area contributed by atoms with Gasteiger partial charge < -0.3 is 20.1 Å². The van der Waals surface area contributed by atoms with Crippen LogP contribution in [-0.4, -0.2) is 28.6 Å². The fourth-order valence-corrected chi connectivity index (χ4v) is 2.91. The van der Waals surface area contributed by atoms with Crippen molar-refractivity contribution in [3.8, 4) is 0 Å². The number of rotatable bonds is 6. The van der Waals surface area contributed by atoms with Crippen molar-refractivity contribution in [1.29, 1.82) is 0 Å². The van der Waals surface area contributed by atoms with Crippen LogP contribution in [0.2, 0.25) is 0 Å². The standard InChI is InChI=1S/C19H24N2O4/c1-11-17(14(4)22)13(3)21-18(11)19(24)25-10-16(23)20-12(2)15-8-6-5-7-9-15/h5-9,12,14,21-22H,10H2,1-4H3,(H,20,23)/t12-,14+/m1/s1. The van der Waals surface area contributed by atoms with Gasteiger partial charge in [-0.2, -0.15) is 0 Å². The topological polar surface area (TPSA) is 91.4 Å². The Morgan fingerprint density at radius 3 is 2.40 bits per heavy atom. The lowest BCUT2D eigenvalue weighted by molar-refractivity contribution is -0.124. The zero-order valence-electron chi connectivity index (χ0n) is 14.9. The molecule has 3 N–H and O–H groups in total. The molecule has 1 aromatic heterocycles. The predicted octanol–water partition coefficient (Wildman–Crippen LogP) is 2.72. The Morgan fingerprint density at radius 1 is 1.20 bits per heavy atom. The highest BCUT2D eigenvalue weighted by Crippen LogP contribution is 2.24. The molecule has 0 aliphatic carbocycles. The van der Waals surface area contributed by atoms with Gasteiger partial charge in [-0.25, -0.2) is 4.79 Å². The van der Waals surface area contributed by atoms with Gasteiger partial charge in [0, 0.05) is 11.3 Å². The van der Waals surface area contributed by atoms with Crippen molar-refractivity contribution in [3.05, 3.63) is 58.4 Å². The maximum Gasteiger partial charge on any atom is 0.355 e. The molecule has 134 valence electrons. The van der Waals surface area contributed by atoms with Crippen molar-refractivity contribution in [2.24, 2.45) is 0 Å². The summed E-state index contributed by atoms with van der Waals surface area (Å²) in [7, 11) is 0. The van der Waals surface area contributed by atoms with Crippen LogP contribution in [0.15, 0.2) is 30.3 Å². The summed E-state index contributed by atoms with van der Waals surface area (Å²) in [4.78, 5) is 27.1. The summed E-state index contributed by atoms with van der Waals surface area (Å²) in [6.45, 7) is 6.65. The molecular weight excluding hydrogens is 320 g/mol. The number of nitrogens with one attached hydrogen (secondary N) is 2. The summed E-state index contributed by atoms with van der Waals surface area (Å²) < 4.78 is 5.09. The van der Waals surface area contributed by atoms with Gasteiger partial charge in [0.15, 0.2) is 6.61 Å². The lowest BCUT2D eigenvalue weighted by Crippen LogP contribution is -2.31. The number of aromatic amines is 1. The van der Waals surface area contributed by atoms with Crippen LogP contribution in [0.25, 0.3) is 0 Å². The number of esters is 1. The molecule has 0 spiro atoms. The molecule has 0 bridgehead atoms. The quantitative estimate of drug-likeness (QED) is 0.703. The molecule has 0 radical (unpaired) electrons. The van der Waals surface area contributed by atoms with Gasteiger partial charge in [-0.15, -0.1) is 0 Å². The van der Waals surface area contributed by atoms with Gasteiger partial charge in [0.25, 0.3) is 5.91 Å². The number of hydrogen-bond acceptors (Lipinski definition) is 4. The average Bonchev–Trinajstić information content (AvgIpc) is 2.88. The number of aryl methyl sites for hydroxylation is 1. The van der Waals surface area contributed by atoms with Gasteiger partial charge in [0.05, 0.1) is 12.1 Å². The number of benzene rings is 1. The molecule has 0 saturated heterocycles. The van der Waals surface area contributed by atoms with E-state index in [-0.39, 0.29) is 24.2 Å². The van der Waals surface area contributed by atoms with Crippen molar-refractivity contribution in [3.63, 3.8) is 0 Å². The van der Waals surface area contributed by atoms with Gasteiger partial charge in [-0.1, -0.05) is 30.3 Å². The fraction of sp³-hybridized carbons (Fsp3) is 0.368. The Balaban J connectivity index is 1.94. The van der Waals surface area contributed by atoms with E-state index in [1.165, 1.54) is 0 Å². The molecule has 6 nitrogen and oxygen atoms in total. The predicted molar refractivity (Wildman–Crippen MR) is 94.2 cm³/mol. The maximum atomic E-state index is 12.2. The zero-order chi connectivity index (χ0) is 18.6. The molecule has 1 amide bonds. The molecule has 1 heterocycles. The van der Waals surface area contributed by atoms with Gasteiger partial charge in [-0.3, -0.25) is 4.79 Å². The minimum atomic E-state index is -0.687. The second-order valence-corrected chi connectivity index (χ2v) is 6.12. The molecule has 0 unspecified atom stereocenters. The first-order valence-electron chi connectivity index (χ1n) is 8.19. The van der Waals surface area contributed by atoms with Crippen LogP contribution in [0.1, 0.15) is 58.9 Å². The number of carbonyl (C=O) groups is 2. The first-order chi connectivity index (χ1) is 11.8. The second kappa shape index (κ2) is 7.98. The third-order valence-electron chi connectivity index (χ3n) is 4.13. The molecule has 0 saturated carbocycles. The normalized spacial score (nSPS) is 13.2. The van der Waals surface area contributed by atoms with Crippen molar-refractivity contribution >= 4 is 11.9 Å². The maximum absolute atomic E-state index is 12.2. The number of H-pyrrole nitrogens is 1. The molecular formula is C19H24N2O4. The number of aliphatic hydroxyl groups is 1. The highest BCUT2D eigenvalue weighted by atomic mass is 16.5. The monoisotopic (exact) mass is 344 g/mol. The Hall–Kier alpha value is -2.60. The zero-order valence-corrected chi connectivity index (χ0v) is 14.9. The Morgan fingerprint density at radius 2 is 1.84 bits per heavy atom. The third kappa shape index (κ3) is 4.48. The summed E-state index contributed by atoms with van der Waals surface area (Å²) in [6, 6.07) is 9.35. The summed E-state index contributed by atoms with van der Waals surface area (Å²) in [6.07, 6.45) is -0.687. The molecule has 0 aliphatic heterocycles. The summed E-state index contributed by atoms with van der Waals surface area (Å²) in [5.41, 5.74) is 3.25. The lowest BCUT2D eigenvalue weighted by atomic mass is 10.1. The van der Waals surface area contributed by atoms with Crippen molar-refractivity contribution in [1.82, 2.24) is 10.3 Å². The van der Waals surface area contributed by atoms with Crippen molar-refractivity contribution in [2.45, 2.75) is 39.8 Å². The lowest BCUT2D eigenvalue weighted by Gasteiger charge is -2.14. The number of aromatic nitrogens is 1. The molecule has 1 aromatic carbocycles. The van der Waals surface area contributed by atoms with E-state index in [1.807, 2.05) is 37.3 Å². The molecule has 2 rings (SSSR count). The Bertz CT molecular complexity index is 750. The Kier molecular flexibility index (Phi) is 5.98. The van der Waals surface area contributed by atoms with Crippen LogP contribution < -0.4 is 5.32 Å². The van der Waals surface area contributed by atoms with E-state index in [0.29, 0.717) is 16.8 Å². The number of amides is 1. The van der Waals surface area contributed by atoms with Crippen LogP contribution >= 0.6 is 0 Å². The summed E-state index contributed by atoms with van der Waals surface area (Å²) in [5, 5.41) is 12.6. The summed E-state index contributed by atoms with van der Waals surface area (Å²) >= 11 is 0. The second-order valence-electron chi connectivity index (χ2n) is 6.12. The molecule has 2 atom stereocenters. The first-order valence-corrected chi connectivity index (χ1v) is 8.19. The van der Waals surface area contributed by atoms with E-state index >= 15 is 0 Å². The SMILES string of the molecule is Cc1[nH]c(C(=O)OCC(=O)N[C@H](C)c2ccccc2)c(C)c1[C@H](C)O. The number of ether oxygens (including phenoxy) is 1. The first kappa shape index (κ1) is 18.7. The summed E-state index contributed by atoms with van der Waals surface area (Å²) in [5.74, 6) is -0.989.